The van der Waals surface area contributed by atoms with E-state index in [0.717, 1.165) is 5.56 Å². The fourth-order valence-corrected chi connectivity index (χ4v) is 6.29. The summed E-state index contributed by atoms with van der Waals surface area (Å²) in [5, 5.41) is 16.0. The maximum absolute atomic E-state index is 13.9. The van der Waals surface area contributed by atoms with Crippen LogP contribution in [0.1, 0.15) is 31.7 Å². The van der Waals surface area contributed by atoms with Gasteiger partial charge in [-0.25, -0.2) is 0 Å². The van der Waals surface area contributed by atoms with Gasteiger partial charge >= 0.3 is 0 Å². The maximum atomic E-state index is 13.9. The smallest absolute Gasteiger partial charge is 0.250 e. The highest BCUT2D eigenvalue weighted by Crippen LogP contribution is 2.59. The molecule has 3 aliphatic heterocycles. The largest absolute Gasteiger partial charge is 0.497 e. The van der Waals surface area contributed by atoms with E-state index >= 15 is 0 Å². The molecule has 1 spiro atoms. The van der Waals surface area contributed by atoms with Crippen molar-refractivity contribution in [1.82, 2.24) is 10.2 Å². The number of likely N-dealkylation sites (tertiary alicyclic amines) is 1. The SMILES string of the molecule is CC[C@@H](CO)N1C(=O)[C@@H]2[C@@H](C(=O)NCc3ccccc3)[C@H]3CCC2(O3)C1C(=O)Nc1ccc(OC)cc1. The van der Waals surface area contributed by atoms with Crippen molar-refractivity contribution in [3.8, 4) is 5.75 Å². The second kappa shape index (κ2) is 10.1. The molecule has 6 atom stereocenters. The van der Waals surface area contributed by atoms with Gasteiger partial charge in [0.25, 0.3) is 0 Å². The number of aliphatic hydroxyl groups is 1. The lowest BCUT2D eigenvalue weighted by molar-refractivity contribution is -0.144. The number of nitrogens with one attached hydrogen (secondary N) is 2. The van der Waals surface area contributed by atoms with Gasteiger partial charge < -0.3 is 30.1 Å². The van der Waals surface area contributed by atoms with E-state index in [1.54, 1.807) is 31.4 Å². The van der Waals surface area contributed by atoms with E-state index in [1.165, 1.54) is 4.90 Å². The van der Waals surface area contributed by atoms with Crippen LogP contribution in [0.2, 0.25) is 0 Å². The molecule has 196 valence electrons. The minimum atomic E-state index is -1.12. The van der Waals surface area contributed by atoms with Crippen molar-refractivity contribution < 1.29 is 29.0 Å². The van der Waals surface area contributed by atoms with Gasteiger partial charge in [0.2, 0.25) is 17.7 Å². The fraction of sp³-hybridized carbons (Fsp3) is 0.464. The highest BCUT2D eigenvalue weighted by molar-refractivity contribution is 6.03. The third-order valence-corrected chi connectivity index (χ3v) is 8.03. The predicted octanol–water partition coefficient (Wildman–Crippen LogP) is 2.10. The number of carbonyl (C=O) groups is 3. The molecule has 3 N–H and O–H groups in total. The van der Waals surface area contributed by atoms with E-state index < -0.39 is 35.6 Å². The summed E-state index contributed by atoms with van der Waals surface area (Å²) >= 11 is 0. The van der Waals surface area contributed by atoms with E-state index in [2.05, 4.69) is 10.6 Å². The summed E-state index contributed by atoms with van der Waals surface area (Å²) in [5.41, 5.74) is 0.396. The number of benzene rings is 2. The van der Waals surface area contributed by atoms with Crippen molar-refractivity contribution in [2.75, 3.05) is 19.0 Å². The van der Waals surface area contributed by atoms with Crippen LogP contribution in [-0.4, -0.2) is 65.2 Å². The lowest BCUT2D eigenvalue weighted by Gasteiger charge is -2.36. The lowest BCUT2D eigenvalue weighted by atomic mass is 9.70. The standard InChI is InChI=1S/C28H33N3O6/c1-3-19(16-32)31-24(26(34)30-18-9-11-20(36-2)12-10-18)28-14-13-21(37-28)22(23(28)27(31)35)25(33)29-15-17-7-5-4-6-8-17/h4-12,19,21-24,32H,3,13-16H2,1-2H3,(H,29,33)(H,30,34)/t19-,21+,22-,23-,24?,28?/m0/s1. The predicted molar refractivity (Wildman–Crippen MR) is 136 cm³/mol. The zero-order chi connectivity index (χ0) is 26.2. The Morgan fingerprint density at radius 2 is 1.89 bits per heavy atom. The Labute approximate surface area is 216 Å². The Hall–Kier alpha value is -3.43. The molecule has 0 aliphatic carbocycles. The number of fused-ring (bicyclic) bond motifs is 1. The van der Waals surface area contributed by atoms with Crippen LogP contribution in [0.15, 0.2) is 54.6 Å². The number of ether oxygens (including phenoxy) is 2. The minimum absolute atomic E-state index is 0.248. The van der Waals surface area contributed by atoms with Crippen molar-refractivity contribution in [3.63, 3.8) is 0 Å². The molecule has 9 nitrogen and oxygen atoms in total. The highest BCUT2D eigenvalue weighted by atomic mass is 16.5. The Kier molecular flexibility index (Phi) is 6.92. The number of rotatable bonds is 9. The second-order valence-corrected chi connectivity index (χ2v) is 9.97. The molecule has 0 radical (unpaired) electrons. The molecule has 37 heavy (non-hydrogen) atoms. The van der Waals surface area contributed by atoms with Crippen molar-refractivity contribution >= 4 is 23.4 Å². The summed E-state index contributed by atoms with van der Waals surface area (Å²) in [5.74, 6) is -1.77. The molecule has 2 bridgehead atoms. The van der Waals surface area contributed by atoms with Crippen LogP contribution in [0.4, 0.5) is 5.69 Å². The summed E-state index contributed by atoms with van der Waals surface area (Å²) in [6, 6.07) is 15.0. The van der Waals surface area contributed by atoms with E-state index in [4.69, 9.17) is 9.47 Å². The van der Waals surface area contributed by atoms with Gasteiger partial charge in [0.1, 0.15) is 17.4 Å². The Morgan fingerprint density at radius 1 is 1.16 bits per heavy atom. The molecular formula is C28H33N3O6. The quantitative estimate of drug-likeness (QED) is 0.479. The maximum Gasteiger partial charge on any atom is 0.250 e. The number of aliphatic hydroxyl groups excluding tert-OH is 1. The van der Waals surface area contributed by atoms with Gasteiger partial charge in [-0.15, -0.1) is 0 Å². The number of carbonyl (C=O) groups excluding carboxylic acids is 3. The van der Waals surface area contributed by atoms with Crippen LogP contribution >= 0.6 is 0 Å². The average Bonchev–Trinajstić information content (AvgIpc) is 3.57. The van der Waals surface area contributed by atoms with Gasteiger partial charge in [0.15, 0.2) is 0 Å². The van der Waals surface area contributed by atoms with E-state index in [1.807, 2.05) is 37.3 Å². The van der Waals surface area contributed by atoms with Gasteiger partial charge in [-0.3, -0.25) is 14.4 Å². The molecule has 3 aliphatic rings. The van der Waals surface area contributed by atoms with Gasteiger partial charge in [-0.05, 0) is 49.1 Å². The fourth-order valence-electron chi connectivity index (χ4n) is 6.29. The highest BCUT2D eigenvalue weighted by Gasteiger charge is 2.75. The number of amides is 3. The summed E-state index contributed by atoms with van der Waals surface area (Å²) < 4.78 is 11.6. The van der Waals surface area contributed by atoms with Crippen LogP contribution in [0.3, 0.4) is 0 Å². The molecule has 3 fully saturated rings. The first-order valence-electron chi connectivity index (χ1n) is 12.8. The van der Waals surface area contributed by atoms with Crippen LogP contribution < -0.4 is 15.4 Å². The topological polar surface area (TPSA) is 117 Å². The first-order valence-corrected chi connectivity index (χ1v) is 12.8. The van der Waals surface area contributed by atoms with E-state index in [9.17, 15) is 19.5 Å². The van der Waals surface area contributed by atoms with Crippen LogP contribution in [-0.2, 0) is 25.7 Å². The molecule has 5 rings (SSSR count). The monoisotopic (exact) mass is 507 g/mol. The van der Waals surface area contributed by atoms with Gasteiger partial charge in [-0.1, -0.05) is 37.3 Å². The van der Waals surface area contributed by atoms with E-state index in [0.29, 0.717) is 37.2 Å². The lowest BCUT2D eigenvalue weighted by Crippen LogP contribution is -2.56. The molecule has 2 aromatic rings. The first-order chi connectivity index (χ1) is 17.9. The van der Waals surface area contributed by atoms with Gasteiger partial charge in [0, 0.05) is 12.2 Å². The Bertz CT molecular complexity index is 1150. The number of methoxy groups -OCH3 is 1. The van der Waals surface area contributed by atoms with Crippen LogP contribution in [0.5, 0.6) is 5.75 Å². The second-order valence-electron chi connectivity index (χ2n) is 9.97. The van der Waals surface area contributed by atoms with Crippen molar-refractivity contribution in [2.24, 2.45) is 11.8 Å². The van der Waals surface area contributed by atoms with Crippen LogP contribution in [0.25, 0.3) is 0 Å². The zero-order valence-corrected chi connectivity index (χ0v) is 21.1. The Morgan fingerprint density at radius 3 is 2.54 bits per heavy atom. The number of hydrogen-bond acceptors (Lipinski definition) is 6. The molecule has 0 aromatic heterocycles. The summed E-state index contributed by atoms with van der Waals surface area (Å²) in [6.45, 7) is 1.92. The molecule has 3 saturated heterocycles. The molecule has 0 saturated carbocycles. The third-order valence-electron chi connectivity index (χ3n) is 8.03. The van der Waals surface area contributed by atoms with Crippen molar-refractivity contribution in [3.05, 3.63) is 60.2 Å². The summed E-state index contributed by atoms with van der Waals surface area (Å²) in [7, 11) is 1.56. The first kappa shape index (κ1) is 25.2. The number of anilines is 1. The number of hydrogen-bond donors (Lipinski definition) is 3. The van der Waals surface area contributed by atoms with Gasteiger partial charge in [0.05, 0.1) is 37.7 Å². The molecule has 2 unspecified atom stereocenters. The normalized spacial score (nSPS) is 28.6. The van der Waals surface area contributed by atoms with Crippen molar-refractivity contribution in [1.29, 1.82) is 0 Å². The molecular weight excluding hydrogens is 474 g/mol. The third kappa shape index (κ3) is 4.26. The van der Waals surface area contributed by atoms with Crippen molar-refractivity contribution in [2.45, 2.75) is 56.5 Å². The van der Waals surface area contributed by atoms with Gasteiger partial charge in [-0.2, -0.15) is 0 Å². The molecule has 2 aromatic carbocycles. The summed E-state index contributed by atoms with van der Waals surface area (Å²) in [6.07, 6.45) is 1.11. The summed E-state index contributed by atoms with van der Waals surface area (Å²) in [4.78, 5) is 42.6. The van der Waals surface area contributed by atoms with E-state index in [-0.39, 0.29) is 24.3 Å². The molecule has 9 heteroatoms. The minimum Gasteiger partial charge on any atom is -0.497 e. The number of nitrogens with zero attached hydrogens (tertiary/aromatic N) is 1. The molecule has 3 amide bonds. The van der Waals surface area contributed by atoms with Crippen LogP contribution in [0, 0.1) is 11.8 Å². The Balaban J connectivity index is 1.43. The molecule has 3 heterocycles. The zero-order valence-electron chi connectivity index (χ0n) is 21.1. The average molecular weight is 508 g/mol.